The number of rotatable bonds is 3. The first kappa shape index (κ1) is 17.1. The van der Waals surface area contributed by atoms with Crippen LogP contribution in [0.2, 0.25) is 0 Å². The van der Waals surface area contributed by atoms with E-state index in [0.29, 0.717) is 24.4 Å². The van der Waals surface area contributed by atoms with Gasteiger partial charge in [-0.3, -0.25) is 5.32 Å². The van der Waals surface area contributed by atoms with E-state index in [4.69, 9.17) is 19.2 Å². The summed E-state index contributed by atoms with van der Waals surface area (Å²) in [7, 11) is 0. The summed E-state index contributed by atoms with van der Waals surface area (Å²) in [5.74, 6) is 0.878. The molecule has 1 saturated carbocycles. The van der Waals surface area contributed by atoms with Gasteiger partial charge in [-0.2, -0.15) is 0 Å². The number of fused-ring (bicyclic) bond motifs is 2. The van der Waals surface area contributed by atoms with Crippen LogP contribution in [-0.2, 0) is 25.9 Å². The molecule has 0 aromatic carbocycles. The molecule has 1 aliphatic carbocycles. The lowest BCUT2D eigenvalue weighted by Crippen LogP contribution is -2.71. The Kier molecular flexibility index (Phi) is 3.92. The van der Waals surface area contributed by atoms with Gasteiger partial charge in [-0.25, -0.2) is 9.78 Å². The molecule has 144 valence electrons. The third kappa shape index (κ3) is 2.39. The highest BCUT2D eigenvalue weighted by Gasteiger charge is 2.69. The van der Waals surface area contributed by atoms with Gasteiger partial charge in [0.15, 0.2) is 11.9 Å². The summed E-state index contributed by atoms with van der Waals surface area (Å²) in [6.07, 6.45) is 7.09. The van der Waals surface area contributed by atoms with Crippen LogP contribution in [0.3, 0.4) is 0 Å². The Hall–Kier alpha value is -1.06. The fraction of sp³-hybridized carbons (Fsp3) is 0.889. The maximum Gasteiger partial charge on any atom is 0.201 e. The number of aromatic nitrogens is 3. The van der Waals surface area contributed by atoms with Crippen LogP contribution in [0, 0.1) is 23.7 Å². The number of hydrogen-bond donors (Lipinski definition) is 1. The SMILES string of the molecule is CC1CCC2C(C)C(NCn3cnnc3)OC3OC4(C)CCC1C32OO4. The van der Waals surface area contributed by atoms with E-state index in [0.717, 1.165) is 19.3 Å². The minimum Gasteiger partial charge on any atom is -0.331 e. The molecular formula is C18H28N4O4. The second kappa shape index (κ2) is 5.97. The van der Waals surface area contributed by atoms with E-state index in [2.05, 4.69) is 29.4 Å². The molecule has 8 nitrogen and oxygen atoms in total. The standard InChI is InChI=1S/C18H28N4O4/c1-11-4-5-14-12(2)15(19-8-22-9-20-21-10-22)23-16-18(14)13(11)6-7-17(3,24-16)25-26-18/h9-16,19H,4-8H2,1-3H3. The van der Waals surface area contributed by atoms with E-state index in [9.17, 15) is 0 Å². The molecule has 1 aromatic heterocycles. The summed E-state index contributed by atoms with van der Waals surface area (Å²) in [5, 5.41) is 11.2. The molecule has 0 amide bonds. The van der Waals surface area contributed by atoms with Crippen LogP contribution in [0.5, 0.6) is 0 Å². The maximum absolute atomic E-state index is 6.46. The highest BCUT2D eigenvalue weighted by atomic mass is 17.3. The van der Waals surface area contributed by atoms with Crippen molar-refractivity contribution in [3.8, 4) is 0 Å². The number of nitrogens with zero attached hydrogens (tertiary/aromatic N) is 3. The first-order chi connectivity index (χ1) is 12.5. The molecule has 1 N–H and O–H groups in total. The van der Waals surface area contributed by atoms with Crippen LogP contribution >= 0.6 is 0 Å². The summed E-state index contributed by atoms with van der Waals surface area (Å²) in [6.45, 7) is 7.13. The summed E-state index contributed by atoms with van der Waals surface area (Å²) >= 11 is 0. The second-order valence-corrected chi connectivity index (χ2v) is 8.66. The lowest BCUT2D eigenvalue weighted by atomic mass is 9.58. The quantitative estimate of drug-likeness (QED) is 0.822. The van der Waals surface area contributed by atoms with Crippen molar-refractivity contribution in [3.05, 3.63) is 12.7 Å². The first-order valence-corrected chi connectivity index (χ1v) is 9.78. The van der Waals surface area contributed by atoms with Gasteiger partial charge in [0.1, 0.15) is 18.9 Å². The molecule has 5 fully saturated rings. The summed E-state index contributed by atoms with van der Waals surface area (Å²) in [6, 6.07) is 0. The molecule has 5 aliphatic rings. The fourth-order valence-corrected chi connectivity index (χ4v) is 5.64. The van der Waals surface area contributed by atoms with Crippen molar-refractivity contribution >= 4 is 0 Å². The van der Waals surface area contributed by atoms with Gasteiger partial charge >= 0.3 is 0 Å². The molecular weight excluding hydrogens is 336 g/mol. The van der Waals surface area contributed by atoms with Gasteiger partial charge in [0.05, 0.1) is 6.67 Å². The lowest BCUT2D eigenvalue weighted by Gasteiger charge is -2.60. The minimum absolute atomic E-state index is 0.112. The Bertz CT molecular complexity index is 658. The molecule has 6 rings (SSSR count). The zero-order chi connectivity index (χ0) is 17.9. The van der Waals surface area contributed by atoms with Crippen molar-refractivity contribution < 1.29 is 19.2 Å². The van der Waals surface area contributed by atoms with E-state index in [1.54, 1.807) is 12.7 Å². The van der Waals surface area contributed by atoms with Gasteiger partial charge < -0.3 is 14.0 Å². The Balaban J connectivity index is 1.45. The molecule has 8 atom stereocenters. The van der Waals surface area contributed by atoms with Gasteiger partial charge in [0.25, 0.3) is 0 Å². The topological polar surface area (TPSA) is 79.7 Å². The summed E-state index contributed by atoms with van der Waals surface area (Å²) in [4.78, 5) is 12.0. The Morgan fingerprint density at radius 1 is 1.12 bits per heavy atom. The van der Waals surface area contributed by atoms with Gasteiger partial charge in [-0.15, -0.1) is 10.2 Å². The normalized spacial score (nSPS) is 50.3. The summed E-state index contributed by atoms with van der Waals surface area (Å²) < 4.78 is 14.7. The van der Waals surface area contributed by atoms with Gasteiger partial charge in [0, 0.05) is 18.3 Å². The molecule has 4 saturated heterocycles. The summed E-state index contributed by atoms with van der Waals surface area (Å²) in [5.41, 5.74) is -0.498. The van der Waals surface area contributed by atoms with Gasteiger partial charge in [-0.05, 0) is 38.0 Å². The molecule has 5 heterocycles. The molecule has 4 aliphatic heterocycles. The fourth-order valence-electron chi connectivity index (χ4n) is 5.64. The average Bonchev–Trinajstić information content (AvgIpc) is 3.04. The van der Waals surface area contributed by atoms with E-state index in [1.807, 2.05) is 11.5 Å². The smallest absolute Gasteiger partial charge is 0.201 e. The number of ether oxygens (including phenoxy) is 2. The number of hydrogen-bond acceptors (Lipinski definition) is 7. The van der Waals surface area contributed by atoms with Crippen LogP contribution in [0.4, 0.5) is 0 Å². The van der Waals surface area contributed by atoms with Crippen molar-refractivity contribution in [2.75, 3.05) is 0 Å². The third-order valence-electron chi connectivity index (χ3n) is 7.10. The number of nitrogens with one attached hydrogen (secondary N) is 1. The average molecular weight is 364 g/mol. The predicted molar refractivity (Wildman–Crippen MR) is 90.0 cm³/mol. The van der Waals surface area contributed by atoms with Gasteiger partial charge in [0.2, 0.25) is 5.79 Å². The zero-order valence-corrected chi connectivity index (χ0v) is 15.6. The third-order valence-corrected chi connectivity index (χ3v) is 7.10. The van der Waals surface area contributed by atoms with Crippen LogP contribution in [0.15, 0.2) is 12.7 Å². The van der Waals surface area contributed by atoms with Crippen molar-refractivity contribution in [1.82, 2.24) is 20.1 Å². The van der Waals surface area contributed by atoms with Crippen molar-refractivity contribution in [2.24, 2.45) is 23.7 Å². The molecule has 1 spiro atoms. The predicted octanol–water partition coefficient (Wildman–Crippen LogP) is 2.03. The van der Waals surface area contributed by atoms with Gasteiger partial charge in [-0.1, -0.05) is 13.8 Å². The van der Waals surface area contributed by atoms with E-state index < -0.39 is 17.7 Å². The van der Waals surface area contributed by atoms with E-state index in [-0.39, 0.29) is 12.1 Å². The van der Waals surface area contributed by atoms with Crippen molar-refractivity contribution in [1.29, 1.82) is 0 Å². The Labute approximate surface area is 153 Å². The highest BCUT2D eigenvalue weighted by molar-refractivity contribution is 5.09. The highest BCUT2D eigenvalue weighted by Crippen LogP contribution is 2.60. The molecule has 1 aromatic rings. The molecule has 8 heteroatoms. The second-order valence-electron chi connectivity index (χ2n) is 8.66. The first-order valence-electron chi connectivity index (χ1n) is 9.78. The lowest BCUT2D eigenvalue weighted by molar-refractivity contribution is -0.571. The van der Waals surface area contributed by atoms with Crippen molar-refractivity contribution in [3.63, 3.8) is 0 Å². The van der Waals surface area contributed by atoms with Crippen LogP contribution in [-0.4, -0.2) is 38.7 Å². The molecule has 8 unspecified atom stereocenters. The Morgan fingerprint density at radius 3 is 2.73 bits per heavy atom. The van der Waals surface area contributed by atoms with E-state index >= 15 is 0 Å². The van der Waals surface area contributed by atoms with E-state index in [1.165, 1.54) is 6.42 Å². The largest absolute Gasteiger partial charge is 0.331 e. The van der Waals surface area contributed by atoms with Crippen LogP contribution in [0.1, 0.15) is 46.5 Å². The van der Waals surface area contributed by atoms with Crippen LogP contribution < -0.4 is 5.32 Å². The maximum atomic E-state index is 6.46. The van der Waals surface area contributed by atoms with Crippen LogP contribution in [0.25, 0.3) is 0 Å². The zero-order valence-electron chi connectivity index (χ0n) is 15.6. The molecule has 0 radical (unpaired) electrons. The monoisotopic (exact) mass is 364 g/mol. The minimum atomic E-state index is -0.725. The Morgan fingerprint density at radius 2 is 1.92 bits per heavy atom. The molecule has 26 heavy (non-hydrogen) atoms. The molecule has 2 bridgehead atoms. The van der Waals surface area contributed by atoms with Crippen molar-refractivity contribution in [2.45, 2.75) is 77.0 Å².